The summed E-state index contributed by atoms with van der Waals surface area (Å²) in [5, 5.41) is 0. The zero-order valence-electron chi connectivity index (χ0n) is 9.11. The molecule has 1 aromatic heterocycles. The van der Waals surface area contributed by atoms with Crippen molar-refractivity contribution in [1.29, 1.82) is 0 Å². The first-order valence-electron chi connectivity index (χ1n) is 5.24. The first-order chi connectivity index (χ1) is 7.61. The molecule has 1 aliphatic rings. The van der Waals surface area contributed by atoms with Crippen LogP contribution in [0.5, 0.6) is 0 Å². The van der Waals surface area contributed by atoms with Crippen molar-refractivity contribution in [3.63, 3.8) is 0 Å². The van der Waals surface area contributed by atoms with E-state index in [0.717, 1.165) is 15.9 Å². The largest absolute Gasteiger partial charge is 0.330 e. The lowest BCUT2D eigenvalue weighted by atomic mass is 10.1. The number of pyridine rings is 1. The van der Waals surface area contributed by atoms with Gasteiger partial charge in [0.25, 0.3) is 0 Å². The minimum Gasteiger partial charge on any atom is -0.330 e. The molecule has 0 saturated carbocycles. The quantitative estimate of drug-likeness (QED) is 0.894. The van der Waals surface area contributed by atoms with E-state index >= 15 is 0 Å². The van der Waals surface area contributed by atoms with E-state index in [1.807, 2.05) is 13.0 Å². The highest BCUT2D eigenvalue weighted by molar-refractivity contribution is 9.10. The Morgan fingerprint density at radius 2 is 2.44 bits per heavy atom. The molecule has 0 aliphatic carbocycles. The van der Waals surface area contributed by atoms with Gasteiger partial charge in [0.05, 0.1) is 11.4 Å². The number of nitrogens with zero attached hydrogens (tertiary/aromatic N) is 2. The molecule has 2 rings (SSSR count). The van der Waals surface area contributed by atoms with Gasteiger partial charge in [-0.2, -0.15) is 0 Å². The molecular weight excluding hydrogens is 270 g/mol. The van der Waals surface area contributed by atoms with Crippen LogP contribution < -0.4 is 10.6 Å². The van der Waals surface area contributed by atoms with Crippen LogP contribution in [0, 0.1) is 12.8 Å². The van der Waals surface area contributed by atoms with Gasteiger partial charge in [-0.05, 0) is 41.4 Å². The number of amides is 1. The topological polar surface area (TPSA) is 59.2 Å². The summed E-state index contributed by atoms with van der Waals surface area (Å²) in [7, 11) is 0. The average Bonchev–Trinajstić information content (AvgIpc) is 2.63. The summed E-state index contributed by atoms with van der Waals surface area (Å²) in [6.07, 6.45) is 2.28. The fourth-order valence-corrected chi connectivity index (χ4v) is 2.26. The van der Waals surface area contributed by atoms with E-state index in [9.17, 15) is 4.79 Å². The van der Waals surface area contributed by atoms with Gasteiger partial charge in [0.2, 0.25) is 5.91 Å². The van der Waals surface area contributed by atoms with Crippen LogP contribution in [0.4, 0.5) is 5.69 Å². The standard InChI is InChI=1S/C11H14BrN3O/c1-7-10(3-9(12)5-14-7)15-6-8(4-13)2-11(15)16/h3,5,8H,2,4,6,13H2,1H3. The minimum atomic E-state index is 0.137. The summed E-state index contributed by atoms with van der Waals surface area (Å²) < 4.78 is 0.886. The second kappa shape index (κ2) is 4.51. The van der Waals surface area contributed by atoms with Crippen molar-refractivity contribution in [2.24, 2.45) is 11.7 Å². The molecule has 1 aromatic rings. The number of aromatic nitrogens is 1. The Kier molecular flexibility index (Phi) is 3.25. The summed E-state index contributed by atoms with van der Waals surface area (Å²) >= 11 is 3.37. The lowest BCUT2D eigenvalue weighted by molar-refractivity contribution is -0.117. The molecule has 1 aliphatic heterocycles. The molecule has 86 valence electrons. The molecule has 1 saturated heterocycles. The van der Waals surface area contributed by atoms with Gasteiger partial charge in [-0.15, -0.1) is 0 Å². The van der Waals surface area contributed by atoms with Gasteiger partial charge in [0, 0.05) is 23.6 Å². The van der Waals surface area contributed by atoms with Crippen LogP contribution in [0.1, 0.15) is 12.1 Å². The van der Waals surface area contributed by atoms with Gasteiger partial charge in [0.15, 0.2) is 0 Å². The lowest BCUT2D eigenvalue weighted by Gasteiger charge is -2.18. The third-order valence-corrected chi connectivity index (χ3v) is 3.29. The van der Waals surface area contributed by atoms with Gasteiger partial charge >= 0.3 is 0 Å². The third kappa shape index (κ3) is 2.10. The van der Waals surface area contributed by atoms with Crippen molar-refractivity contribution in [1.82, 2.24) is 4.98 Å². The summed E-state index contributed by atoms with van der Waals surface area (Å²) in [6.45, 7) is 3.17. The summed E-state index contributed by atoms with van der Waals surface area (Å²) in [5.41, 5.74) is 7.35. The van der Waals surface area contributed by atoms with Gasteiger partial charge in [-0.1, -0.05) is 0 Å². The molecule has 16 heavy (non-hydrogen) atoms. The lowest BCUT2D eigenvalue weighted by Crippen LogP contribution is -2.26. The maximum atomic E-state index is 11.8. The van der Waals surface area contributed by atoms with E-state index in [4.69, 9.17) is 5.73 Å². The number of rotatable bonds is 2. The number of carbonyl (C=O) groups excluding carboxylic acids is 1. The second-order valence-corrected chi connectivity index (χ2v) is 4.98. The van der Waals surface area contributed by atoms with Gasteiger partial charge in [-0.25, -0.2) is 0 Å². The van der Waals surface area contributed by atoms with E-state index in [2.05, 4.69) is 20.9 Å². The summed E-state index contributed by atoms with van der Waals surface area (Å²) in [6, 6.07) is 1.93. The predicted octanol–water partition coefficient (Wildman–Crippen LogP) is 1.46. The van der Waals surface area contributed by atoms with Crippen LogP contribution in [0.2, 0.25) is 0 Å². The van der Waals surface area contributed by atoms with Gasteiger partial charge < -0.3 is 10.6 Å². The Labute approximate surface area is 103 Å². The molecule has 0 spiro atoms. The molecule has 2 N–H and O–H groups in total. The van der Waals surface area contributed by atoms with Crippen LogP contribution in [0.25, 0.3) is 0 Å². The number of hydrogen-bond donors (Lipinski definition) is 1. The molecular formula is C11H14BrN3O. The Morgan fingerprint density at radius 3 is 3.06 bits per heavy atom. The van der Waals surface area contributed by atoms with Crippen molar-refractivity contribution in [2.45, 2.75) is 13.3 Å². The predicted molar refractivity (Wildman–Crippen MR) is 66.2 cm³/mol. The number of halogens is 1. The SMILES string of the molecule is Cc1ncc(Br)cc1N1CC(CN)CC1=O. The normalized spacial score (nSPS) is 20.6. The highest BCUT2D eigenvalue weighted by Gasteiger charge is 2.30. The highest BCUT2D eigenvalue weighted by atomic mass is 79.9. The van der Waals surface area contributed by atoms with Crippen molar-refractivity contribution in [2.75, 3.05) is 18.0 Å². The Bertz CT molecular complexity index is 422. The first kappa shape index (κ1) is 11.5. The summed E-state index contributed by atoms with van der Waals surface area (Å²) in [5.74, 6) is 0.407. The molecule has 1 fully saturated rings. The Hall–Kier alpha value is -0.940. The third-order valence-electron chi connectivity index (χ3n) is 2.86. The van der Waals surface area contributed by atoms with Crippen molar-refractivity contribution in [3.8, 4) is 0 Å². The average molecular weight is 284 g/mol. The first-order valence-corrected chi connectivity index (χ1v) is 6.03. The van der Waals surface area contributed by atoms with E-state index in [1.54, 1.807) is 11.1 Å². The zero-order valence-corrected chi connectivity index (χ0v) is 10.7. The monoisotopic (exact) mass is 283 g/mol. The molecule has 1 unspecified atom stereocenters. The molecule has 1 amide bonds. The van der Waals surface area contributed by atoms with Crippen LogP contribution in [-0.4, -0.2) is 24.0 Å². The molecule has 1 atom stereocenters. The molecule has 5 heteroatoms. The van der Waals surface area contributed by atoms with E-state index in [-0.39, 0.29) is 11.8 Å². The van der Waals surface area contributed by atoms with Gasteiger partial charge in [0.1, 0.15) is 0 Å². The molecule has 4 nitrogen and oxygen atoms in total. The number of nitrogens with two attached hydrogens (primary N) is 1. The number of carbonyl (C=O) groups is 1. The van der Waals surface area contributed by atoms with E-state index < -0.39 is 0 Å². The maximum Gasteiger partial charge on any atom is 0.227 e. The molecule has 2 heterocycles. The van der Waals surface area contributed by atoms with E-state index in [1.165, 1.54) is 0 Å². The van der Waals surface area contributed by atoms with Gasteiger partial charge in [-0.3, -0.25) is 9.78 Å². The fraction of sp³-hybridized carbons (Fsp3) is 0.455. The van der Waals surface area contributed by atoms with Crippen molar-refractivity contribution in [3.05, 3.63) is 22.4 Å². The fourth-order valence-electron chi connectivity index (χ4n) is 1.94. The van der Waals surface area contributed by atoms with E-state index in [0.29, 0.717) is 19.5 Å². The van der Waals surface area contributed by atoms with Crippen molar-refractivity contribution < 1.29 is 4.79 Å². The number of anilines is 1. The van der Waals surface area contributed by atoms with Crippen molar-refractivity contribution >= 4 is 27.5 Å². The van der Waals surface area contributed by atoms with Crippen LogP contribution >= 0.6 is 15.9 Å². The molecule has 0 aromatic carbocycles. The van der Waals surface area contributed by atoms with Crippen LogP contribution in [0.15, 0.2) is 16.7 Å². The van der Waals surface area contributed by atoms with Crippen LogP contribution in [-0.2, 0) is 4.79 Å². The number of aryl methyl sites for hydroxylation is 1. The summed E-state index contributed by atoms with van der Waals surface area (Å²) in [4.78, 5) is 17.9. The highest BCUT2D eigenvalue weighted by Crippen LogP contribution is 2.28. The Balaban J connectivity index is 2.30. The number of hydrogen-bond acceptors (Lipinski definition) is 3. The molecule has 0 radical (unpaired) electrons. The second-order valence-electron chi connectivity index (χ2n) is 4.07. The van der Waals surface area contributed by atoms with Crippen LogP contribution in [0.3, 0.4) is 0 Å². The smallest absolute Gasteiger partial charge is 0.227 e. The molecule has 0 bridgehead atoms. The Morgan fingerprint density at radius 1 is 1.69 bits per heavy atom. The minimum absolute atomic E-state index is 0.137. The maximum absolute atomic E-state index is 11.8. The zero-order chi connectivity index (χ0) is 11.7.